The van der Waals surface area contributed by atoms with Crippen LogP contribution in [0.1, 0.15) is 15.9 Å². The molecule has 2 aromatic carbocycles. The first-order valence-electron chi connectivity index (χ1n) is 5.51. The predicted molar refractivity (Wildman–Crippen MR) is 75.3 cm³/mol. The predicted octanol–water partition coefficient (Wildman–Crippen LogP) is 4.10. The van der Waals surface area contributed by atoms with Gasteiger partial charge in [-0.3, -0.25) is 4.79 Å². The molecule has 0 saturated carbocycles. The highest BCUT2D eigenvalue weighted by atomic mass is 35.5. The molecular formula is C14H12Cl2O2. The van der Waals surface area contributed by atoms with Gasteiger partial charge in [0.1, 0.15) is 5.75 Å². The van der Waals surface area contributed by atoms with Gasteiger partial charge in [0.05, 0.1) is 12.1 Å². The van der Waals surface area contributed by atoms with E-state index in [2.05, 4.69) is 0 Å². The van der Waals surface area contributed by atoms with Crippen molar-refractivity contribution < 1.29 is 9.53 Å². The molecule has 18 heavy (non-hydrogen) atoms. The van der Waals surface area contributed by atoms with Gasteiger partial charge < -0.3 is 4.74 Å². The summed E-state index contributed by atoms with van der Waals surface area (Å²) in [6.07, 6.45) is 1.42. The number of methoxy groups -OCH3 is 1. The van der Waals surface area contributed by atoms with Gasteiger partial charge in [-0.1, -0.05) is 17.7 Å². The van der Waals surface area contributed by atoms with E-state index in [9.17, 15) is 4.79 Å². The van der Waals surface area contributed by atoms with E-state index in [0.717, 1.165) is 22.6 Å². The van der Waals surface area contributed by atoms with Crippen molar-refractivity contribution in [3.05, 3.63) is 40.4 Å². The molecule has 0 fully saturated rings. The minimum absolute atomic E-state index is 0.472. The average Bonchev–Trinajstić information content (AvgIpc) is 2.39. The summed E-state index contributed by atoms with van der Waals surface area (Å²) >= 11 is 12.0. The molecule has 0 aliphatic rings. The molecule has 2 aromatic rings. The van der Waals surface area contributed by atoms with Crippen molar-refractivity contribution >= 4 is 40.3 Å². The third-order valence-electron chi connectivity index (χ3n) is 2.88. The zero-order chi connectivity index (χ0) is 13.1. The Morgan fingerprint density at radius 1 is 1.33 bits per heavy atom. The van der Waals surface area contributed by atoms with Gasteiger partial charge in [-0.2, -0.15) is 0 Å². The van der Waals surface area contributed by atoms with Gasteiger partial charge >= 0.3 is 0 Å². The van der Waals surface area contributed by atoms with Crippen molar-refractivity contribution in [1.82, 2.24) is 0 Å². The number of alkyl halides is 1. The number of aryl methyl sites for hydroxylation is 1. The number of fused-ring (bicyclic) bond motifs is 1. The van der Waals surface area contributed by atoms with E-state index in [1.54, 1.807) is 7.11 Å². The molecule has 4 heteroatoms. The molecule has 0 bridgehead atoms. The fourth-order valence-corrected chi connectivity index (χ4v) is 2.46. The fraction of sp³-hybridized carbons (Fsp3) is 0.214. The highest BCUT2D eigenvalue weighted by Crippen LogP contribution is 2.31. The number of hydrogen-bond donors (Lipinski definition) is 0. The van der Waals surface area contributed by atoms with Crippen molar-refractivity contribution in [2.24, 2.45) is 0 Å². The number of ether oxygens (including phenoxy) is 1. The highest BCUT2D eigenvalue weighted by Gasteiger charge is 2.11. The number of hydrogen-bond acceptors (Lipinski definition) is 2. The lowest BCUT2D eigenvalue weighted by Gasteiger charge is -2.10. The fourth-order valence-electron chi connectivity index (χ4n) is 1.96. The molecule has 0 radical (unpaired) electrons. The van der Waals surface area contributed by atoms with Gasteiger partial charge in [-0.15, -0.1) is 11.6 Å². The van der Waals surface area contributed by atoms with Gasteiger partial charge in [0, 0.05) is 11.4 Å². The smallest absolute Gasteiger partial charge is 0.152 e. The van der Waals surface area contributed by atoms with Gasteiger partial charge in [-0.05, 0) is 41.0 Å². The van der Waals surface area contributed by atoms with E-state index in [0.29, 0.717) is 28.6 Å². The largest absolute Gasteiger partial charge is 0.497 e. The van der Waals surface area contributed by atoms with E-state index in [1.165, 1.54) is 0 Å². The van der Waals surface area contributed by atoms with Crippen molar-refractivity contribution in [3.63, 3.8) is 0 Å². The Labute approximate surface area is 115 Å². The molecule has 0 heterocycles. The summed E-state index contributed by atoms with van der Waals surface area (Å²) in [5, 5.41) is 2.24. The molecule has 0 N–H and O–H groups in total. The minimum atomic E-state index is 0.472. The topological polar surface area (TPSA) is 26.3 Å². The Balaban J connectivity index is 2.75. The molecule has 2 nitrogen and oxygen atoms in total. The molecule has 2 rings (SSSR count). The molecule has 0 unspecified atom stereocenters. The van der Waals surface area contributed by atoms with Crippen molar-refractivity contribution in [3.8, 4) is 5.75 Å². The van der Waals surface area contributed by atoms with E-state index in [-0.39, 0.29) is 0 Å². The first-order chi connectivity index (χ1) is 8.71. The maximum Gasteiger partial charge on any atom is 0.152 e. The van der Waals surface area contributed by atoms with Crippen LogP contribution in [0.15, 0.2) is 24.3 Å². The van der Waals surface area contributed by atoms with E-state index >= 15 is 0 Å². The zero-order valence-corrected chi connectivity index (χ0v) is 11.4. The summed E-state index contributed by atoms with van der Waals surface area (Å²) < 4.78 is 5.16. The molecule has 0 atom stereocenters. The first-order valence-corrected chi connectivity index (χ1v) is 6.42. The van der Waals surface area contributed by atoms with Crippen LogP contribution in [0.5, 0.6) is 5.75 Å². The molecular weight excluding hydrogens is 271 g/mol. The quantitative estimate of drug-likeness (QED) is 0.624. The maximum absolute atomic E-state index is 11.2. The van der Waals surface area contributed by atoms with Crippen LogP contribution in [0.4, 0.5) is 0 Å². The summed E-state index contributed by atoms with van der Waals surface area (Å²) in [5.41, 5.74) is 1.39. The standard InChI is InChI=1S/C14H12Cl2O2/c1-18-11-3-2-9-6-10(4-5-15)14(16)13(8-17)12(9)7-11/h2-3,6-8H,4-5H2,1H3. The van der Waals surface area contributed by atoms with Gasteiger partial charge in [-0.25, -0.2) is 0 Å². The van der Waals surface area contributed by atoms with Crippen LogP contribution >= 0.6 is 23.2 Å². The third-order valence-corrected chi connectivity index (χ3v) is 3.52. The van der Waals surface area contributed by atoms with Crippen LogP contribution in [0.25, 0.3) is 10.8 Å². The summed E-state index contributed by atoms with van der Waals surface area (Å²) in [4.78, 5) is 11.2. The summed E-state index contributed by atoms with van der Waals surface area (Å²) in [5.74, 6) is 1.17. The number of benzene rings is 2. The lowest BCUT2D eigenvalue weighted by Crippen LogP contribution is -1.95. The van der Waals surface area contributed by atoms with E-state index in [4.69, 9.17) is 27.9 Å². The summed E-state index contributed by atoms with van der Waals surface area (Å²) in [7, 11) is 1.59. The number of aldehydes is 1. The van der Waals surface area contributed by atoms with Gasteiger partial charge in [0.15, 0.2) is 6.29 Å². The lowest BCUT2D eigenvalue weighted by atomic mass is 10.00. The highest BCUT2D eigenvalue weighted by molar-refractivity contribution is 6.35. The third kappa shape index (κ3) is 2.31. The second-order valence-electron chi connectivity index (χ2n) is 3.91. The van der Waals surface area contributed by atoms with Crippen molar-refractivity contribution in [2.75, 3.05) is 13.0 Å². The van der Waals surface area contributed by atoms with E-state index in [1.807, 2.05) is 24.3 Å². The number of rotatable bonds is 4. The van der Waals surface area contributed by atoms with Crippen LogP contribution in [-0.4, -0.2) is 19.3 Å². The Kier molecular flexibility index (Phi) is 4.10. The SMILES string of the molecule is COc1ccc2cc(CCCl)c(Cl)c(C=O)c2c1. The molecule has 0 saturated heterocycles. The molecule has 0 aliphatic heterocycles. The number of halogens is 2. The average molecular weight is 283 g/mol. The zero-order valence-electron chi connectivity index (χ0n) is 9.87. The monoisotopic (exact) mass is 282 g/mol. The van der Waals surface area contributed by atoms with Crippen LogP contribution in [0, 0.1) is 0 Å². The Morgan fingerprint density at radius 2 is 2.11 bits per heavy atom. The minimum Gasteiger partial charge on any atom is -0.497 e. The molecule has 0 aromatic heterocycles. The first kappa shape index (κ1) is 13.2. The van der Waals surface area contributed by atoms with E-state index < -0.39 is 0 Å². The van der Waals surface area contributed by atoms with Gasteiger partial charge in [0.2, 0.25) is 0 Å². The number of carbonyl (C=O) groups excluding carboxylic acids is 1. The summed E-state index contributed by atoms with van der Waals surface area (Å²) in [6, 6.07) is 7.55. The van der Waals surface area contributed by atoms with Gasteiger partial charge in [0.25, 0.3) is 0 Å². The van der Waals surface area contributed by atoms with Crippen molar-refractivity contribution in [2.45, 2.75) is 6.42 Å². The van der Waals surface area contributed by atoms with Crippen LogP contribution < -0.4 is 4.74 Å². The Morgan fingerprint density at radius 3 is 2.72 bits per heavy atom. The second-order valence-corrected chi connectivity index (χ2v) is 4.66. The Hall–Kier alpha value is -1.25. The molecule has 0 spiro atoms. The second kappa shape index (κ2) is 5.59. The Bertz CT molecular complexity index is 594. The van der Waals surface area contributed by atoms with Crippen molar-refractivity contribution in [1.29, 1.82) is 0 Å². The normalized spacial score (nSPS) is 10.6. The molecule has 94 valence electrons. The van der Waals surface area contributed by atoms with Crippen LogP contribution in [0.3, 0.4) is 0 Å². The number of carbonyl (C=O) groups is 1. The molecule has 0 amide bonds. The van der Waals surface area contributed by atoms with Crippen LogP contribution in [-0.2, 0) is 6.42 Å². The lowest BCUT2D eigenvalue weighted by molar-refractivity contribution is 0.112. The summed E-state index contributed by atoms with van der Waals surface area (Å²) in [6.45, 7) is 0. The maximum atomic E-state index is 11.2. The molecule has 0 aliphatic carbocycles. The van der Waals surface area contributed by atoms with Crippen LogP contribution in [0.2, 0.25) is 5.02 Å².